The number of imidazole rings is 1. The van der Waals surface area contributed by atoms with Gasteiger partial charge in [0.05, 0.1) is 34.5 Å². The summed E-state index contributed by atoms with van der Waals surface area (Å²) in [4.78, 5) is 29.2. The van der Waals surface area contributed by atoms with Gasteiger partial charge in [-0.15, -0.1) is 0 Å². The lowest BCUT2D eigenvalue weighted by Crippen LogP contribution is -2.14. The minimum absolute atomic E-state index is 0.00621. The molecular weight excluding hydrogens is 406 g/mol. The van der Waals surface area contributed by atoms with E-state index < -0.39 is 11.8 Å². The number of halogens is 3. The van der Waals surface area contributed by atoms with E-state index in [-0.39, 0.29) is 30.2 Å². The zero-order valence-corrected chi connectivity index (χ0v) is 16.3. The maximum Gasteiger partial charge on any atom is 0.358 e. The highest BCUT2D eigenvalue weighted by atomic mass is 35.5. The standard InChI is InChI=1S/C20H15Cl2FN2O3/c1-2-28-20(27)18-16(10-17(26)12-6-8-13(23)9-7-12)25(11-24-18)19-14(21)4-3-5-15(19)22/h3-9,11H,2,10H2,1H3. The van der Waals surface area contributed by atoms with E-state index in [0.29, 0.717) is 21.3 Å². The Labute approximate surface area is 170 Å². The molecule has 0 amide bonds. The lowest BCUT2D eigenvalue weighted by Gasteiger charge is -2.13. The summed E-state index contributed by atoms with van der Waals surface area (Å²) in [5.41, 5.74) is 0.973. The zero-order valence-electron chi connectivity index (χ0n) is 14.8. The van der Waals surface area contributed by atoms with Crippen LogP contribution in [0.3, 0.4) is 0 Å². The molecule has 1 heterocycles. The van der Waals surface area contributed by atoms with Gasteiger partial charge in [0.1, 0.15) is 12.1 Å². The Morgan fingerprint density at radius 2 is 1.75 bits per heavy atom. The number of para-hydroxylation sites is 1. The number of aromatic nitrogens is 2. The Hall–Kier alpha value is -2.70. The van der Waals surface area contributed by atoms with Crippen molar-refractivity contribution in [3.05, 3.63) is 81.6 Å². The van der Waals surface area contributed by atoms with E-state index in [9.17, 15) is 14.0 Å². The predicted molar refractivity (Wildman–Crippen MR) is 104 cm³/mol. The van der Waals surface area contributed by atoms with Gasteiger partial charge < -0.3 is 4.74 Å². The number of rotatable bonds is 6. The Morgan fingerprint density at radius 1 is 1.11 bits per heavy atom. The third-order valence-electron chi connectivity index (χ3n) is 4.01. The van der Waals surface area contributed by atoms with Gasteiger partial charge in [0.15, 0.2) is 11.5 Å². The molecule has 1 aromatic heterocycles. The fourth-order valence-corrected chi connectivity index (χ4v) is 3.29. The van der Waals surface area contributed by atoms with Gasteiger partial charge >= 0.3 is 5.97 Å². The molecule has 0 aliphatic rings. The molecular formula is C20H15Cl2FN2O3. The molecule has 2 aromatic carbocycles. The minimum Gasteiger partial charge on any atom is -0.461 e. The number of Topliss-reactive ketones (excluding diaryl/α,β-unsaturated/α-hetero) is 1. The monoisotopic (exact) mass is 420 g/mol. The number of esters is 1. The summed E-state index contributed by atoms with van der Waals surface area (Å²) in [6.07, 6.45) is 1.19. The molecule has 0 spiro atoms. The number of benzene rings is 2. The maximum absolute atomic E-state index is 13.1. The Bertz CT molecular complexity index is 1010. The fourth-order valence-electron chi connectivity index (χ4n) is 2.71. The van der Waals surface area contributed by atoms with Gasteiger partial charge in [0.2, 0.25) is 0 Å². The van der Waals surface area contributed by atoms with Gasteiger partial charge in [0.25, 0.3) is 0 Å². The van der Waals surface area contributed by atoms with Crippen LogP contribution in [0.5, 0.6) is 0 Å². The van der Waals surface area contributed by atoms with Crippen molar-refractivity contribution in [3.8, 4) is 5.69 Å². The number of nitrogens with zero attached hydrogens (tertiary/aromatic N) is 2. The van der Waals surface area contributed by atoms with Crippen molar-refractivity contribution in [2.24, 2.45) is 0 Å². The summed E-state index contributed by atoms with van der Waals surface area (Å²) >= 11 is 12.6. The van der Waals surface area contributed by atoms with Gasteiger partial charge in [-0.25, -0.2) is 14.2 Å². The summed E-state index contributed by atoms with van der Waals surface area (Å²) in [5, 5.41) is 0.659. The summed E-state index contributed by atoms with van der Waals surface area (Å²) in [5.74, 6) is -1.43. The first-order chi connectivity index (χ1) is 13.4. The largest absolute Gasteiger partial charge is 0.461 e. The van der Waals surface area contributed by atoms with Crippen LogP contribution in [0.2, 0.25) is 10.0 Å². The lowest BCUT2D eigenvalue weighted by atomic mass is 10.1. The maximum atomic E-state index is 13.1. The molecule has 3 aromatic rings. The molecule has 0 N–H and O–H groups in total. The lowest BCUT2D eigenvalue weighted by molar-refractivity contribution is 0.0519. The molecule has 0 aliphatic carbocycles. The van der Waals surface area contributed by atoms with E-state index in [1.165, 1.54) is 35.2 Å². The molecule has 0 saturated heterocycles. The van der Waals surface area contributed by atoms with Crippen LogP contribution in [-0.2, 0) is 11.2 Å². The van der Waals surface area contributed by atoms with Crippen molar-refractivity contribution in [1.29, 1.82) is 0 Å². The van der Waals surface area contributed by atoms with Crippen LogP contribution >= 0.6 is 23.2 Å². The number of hydrogen-bond donors (Lipinski definition) is 0. The van der Waals surface area contributed by atoms with E-state index in [0.717, 1.165) is 0 Å². The number of ketones is 1. The molecule has 0 aliphatic heterocycles. The normalized spacial score (nSPS) is 10.7. The highest BCUT2D eigenvalue weighted by Crippen LogP contribution is 2.30. The van der Waals surface area contributed by atoms with E-state index in [4.69, 9.17) is 27.9 Å². The number of carbonyl (C=O) groups excluding carboxylic acids is 2. The van der Waals surface area contributed by atoms with Crippen LogP contribution in [0.4, 0.5) is 4.39 Å². The van der Waals surface area contributed by atoms with E-state index >= 15 is 0 Å². The second-order valence-electron chi connectivity index (χ2n) is 5.81. The van der Waals surface area contributed by atoms with E-state index in [1.807, 2.05) is 0 Å². The Balaban J connectivity index is 2.08. The van der Waals surface area contributed by atoms with Crippen molar-refractivity contribution in [2.75, 3.05) is 6.61 Å². The highest BCUT2D eigenvalue weighted by molar-refractivity contribution is 6.37. The minimum atomic E-state index is -0.661. The van der Waals surface area contributed by atoms with Crippen LogP contribution in [0.15, 0.2) is 48.8 Å². The van der Waals surface area contributed by atoms with E-state index in [2.05, 4.69) is 4.98 Å². The molecule has 5 nitrogen and oxygen atoms in total. The van der Waals surface area contributed by atoms with Crippen LogP contribution in [0.25, 0.3) is 5.69 Å². The molecule has 28 heavy (non-hydrogen) atoms. The SMILES string of the molecule is CCOC(=O)c1ncn(-c2c(Cl)cccc2Cl)c1CC(=O)c1ccc(F)cc1. The molecule has 0 atom stereocenters. The first-order valence-corrected chi connectivity index (χ1v) is 9.14. The van der Waals surface area contributed by atoms with Crippen LogP contribution in [0.1, 0.15) is 33.5 Å². The van der Waals surface area contributed by atoms with Crippen molar-refractivity contribution in [2.45, 2.75) is 13.3 Å². The molecule has 0 fully saturated rings. The quantitative estimate of drug-likeness (QED) is 0.419. The summed E-state index contributed by atoms with van der Waals surface area (Å²) in [6, 6.07) is 10.1. The van der Waals surface area contributed by atoms with Gasteiger partial charge in [-0.3, -0.25) is 9.36 Å². The van der Waals surface area contributed by atoms with Crippen LogP contribution in [-0.4, -0.2) is 27.9 Å². The average molecular weight is 421 g/mol. The van der Waals surface area contributed by atoms with Crippen molar-refractivity contribution in [3.63, 3.8) is 0 Å². The molecule has 0 unspecified atom stereocenters. The van der Waals surface area contributed by atoms with Gasteiger partial charge in [0, 0.05) is 5.56 Å². The van der Waals surface area contributed by atoms with Crippen LogP contribution in [0, 0.1) is 5.82 Å². The second-order valence-corrected chi connectivity index (χ2v) is 6.62. The number of carbonyl (C=O) groups is 2. The molecule has 8 heteroatoms. The molecule has 144 valence electrons. The zero-order chi connectivity index (χ0) is 20.3. The van der Waals surface area contributed by atoms with Crippen molar-refractivity contribution in [1.82, 2.24) is 9.55 Å². The number of hydrogen-bond acceptors (Lipinski definition) is 4. The first-order valence-electron chi connectivity index (χ1n) is 8.38. The van der Waals surface area contributed by atoms with Crippen molar-refractivity contribution < 1.29 is 18.7 Å². The molecule has 0 radical (unpaired) electrons. The number of ether oxygens (including phenoxy) is 1. The third kappa shape index (κ3) is 4.08. The van der Waals surface area contributed by atoms with E-state index in [1.54, 1.807) is 25.1 Å². The van der Waals surface area contributed by atoms with Gasteiger partial charge in [-0.05, 0) is 43.3 Å². The summed E-state index contributed by atoms with van der Waals surface area (Å²) in [7, 11) is 0. The topological polar surface area (TPSA) is 61.2 Å². The molecule has 0 saturated carbocycles. The highest BCUT2D eigenvalue weighted by Gasteiger charge is 2.24. The Morgan fingerprint density at radius 3 is 2.36 bits per heavy atom. The Kier molecular flexibility index (Phi) is 6.11. The molecule has 0 bridgehead atoms. The summed E-state index contributed by atoms with van der Waals surface area (Å²) < 4.78 is 19.7. The predicted octanol–water partition coefficient (Wildman–Crippen LogP) is 4.92. The average Bonchev–Trinajstić information content (AvgIpc) is 3.05. The van der Waals surface area contributed by atoms with Gasteiger partial charge in [-0.2, -0.15) is 0 Å². The molecule has 3 rings (SSSR count). The summed E-state index contributed by atoms with van der Waals surface area (Å²) in [6.45, 7) is 1.83. The third-order valence-corrected chi connectivity index (χ3v) is 4.62. The second kappa shape index (κ2) is 8.54. The van der Waals surface area contributed by atoms with Crippen molar-refractivity contribution >= 4 is 35.0 Å². The van der Waals surface area contributed by atoms with Gasteiger partial charge in [-0.1, -0.05) is 29.3 Å². The van der Waals surface area contributed by atoms with Crippen LogP contribution < -0.4 is 0 Å². The fraction of sp³-hybridized carbons (Fsp3) is 0.150. The first kappa shape index (κ1) is 20.0. The smallest absolute Gasteiger partial charge is 0.358 e.